The van der Waals surface area contributed by atoms with Crippen molar-refractivity contribution in [2.45, 2.75) is 6.10 Å². The highest BCUT2D eigenvalue weighted by atomic mass is 79.9. The van der Waals surface area contributed by atoms with E-state index in [-0.39, 0.29) is 19.0 Å². The molecule has 5 heteroatoms. The maximum Gasteiger partial charge on any atom is 0.139 e. The lowest BCUT2D eigenvalue weighted by Crippen LogP contribution is -2.22. The average molecular weight is 264 g/mol. The highest BCUT2D eigenvalue weighted by Gasteiger charge is 2.03. The first-order valence-electron chi connectivity index (χ1n) is 4.11. The fourth-order valence-corrected chi connectivity index (χ4v) is 1.15. The molecule has 1 aromatic rings. The summed E-state index contributed by atoms with van der Waals surface area (Å²) in [5.41, 5.74) is 0.568. The fourth-order valence-electron chi connectivity index (χ4n) is 0.906. The van der Waals surface area contributed by atoms with Gasteiger partial charge in [0.1, 0.15) is 5.82 Å². The van der Waals surface area contributed by atoms with Crippen molar-refractivity contribution in [3.63, 3.8) is 0 Å². The van der Waals surface area contributed by atoms with Gasteiger partial charge in [-0.1, -0.05) is 0 Å². The minimum atomic E-state index is -0.832. The van der Waals surface area contributed by atoms with Gasteiger partial charge in [-0.15, -0.1) is 0 Å². The second kappa shape index (κ2) is 5.29. The van der Waals surface area contributed by atoms with Crippen LogP contribution in [0.5, 0.6) is 0 Å². The Balaban J connectivity index is 2.55. The highest BCUT2D eigenvalue weighted by molar-refractivity contribution is 9.10. The van der Waals surface area contributed by atoms with E-state index in [1.165, 1.54) is 6.07 Å². The summed E-state index contributed by atoms with van der Waals surface area (Å²) in [6.45, 7) is -0.121. The molecule has 0 fully saturated rings. The SMILES string of the molecule is OCC(O)CNc1ccc(Br)c(F)c1. The summed E-state index contributed by atoms with van der Waals surface area (Å²) in [5.74, 6) is -0.367. The Bertz CT molecular complexity index is 309. The van der Waals surface area contributed by atoms with Gasteiger partial charge in [0.15, 0.2) is 0 Å². The third-order valence-corrected chi connectivity index (χ3v) is 2.32. The van der Waals surface area contributed by atoms with E-state index >= 15 is 0 Å². The first-order chi connectivity index (χ1) is 6.63. The van der Waals surface area contributed by atoms with Gasteiger partial charge < -0.3 is 15.5 Å². The van der Waals surface area contributed by atoms with E-state index in [1.807, 2.05) is 0 Å². The molecule has 0 aromatic heterocycles. The molecule has 0 aliphatic rings. The van der Waals surface area contributed by atoms with Crippen LogP contribution in [0.25, 0.3) is 0 Å². The van der Waals surface area contributed by atoms with E-state index in [0.29, 0.717) is 10.2 Å². The van der Waals surface area contributed by atoms with Gasteiger partial charge in [0.2, 0.25) is 0 Å². The average Bonchev–Trinajstić information content (AvgIpc) is 2.19. The van der Waals surface area contributed by atoms with Crippen LogP contribution in [-0.4, -0.2) is 29.5 Å². The molecule has 0 saturated carbocycles. The number of aliphatic hydroxyl groups excluding tert-OH is 2. The minimum Gasteiger partial charge on any atom is -0.394 e. The van der Waals surface area contributed by atoms with Crippen LogP contribution in [0.1, 0.15) is 0 Å². The van der Waals surface area contributed by atoms with Gasteiger partial charge in [-0.25, -0.2) is 4.39 Å². The van der Waals surface area contributed by atoms with Crippen molar-refractivity contribution < 1.29 is 14.6 Å². The Hall–Kier alpha value is -0.650. The van der Waals surface area contributed by atoms with Crippen molar-refractivity contribution in [2.24, 2.45) is 0 Å². The highest BCUT2D eigenvalue weighted by Crippen LogP contribution is 2.19. The zero-order valence-corrected chi connectivity index (χ0v) is 8.96. The van der Waals surface area contributed by atoms with Crippen LogP contribution >= 0.6 is 15.9 Å². The molecular formula is C9H11BrFNO2. The molecule has 0 spiro atoms. The molecular weight excluding hydrogens is 253 g/mol. The number of hydrogen-bond acceptors (Lipinski definition) is 3. The van der Waals surface area contributed by atoms with Gasteiger partial charge in [-0.3, -0.25) is 0 Å². The number of aliphatic hydroxyl groups is 2. The van der Waals surface area contributed by atoms with Crippen molar-refractivity contribution in [2.75, 3.05) is 18.5 Å². The fraction of sp³-hybridized carbons (Fsp3) is 0.333. The Morgan fingerprint density at radius 3 is 2.79 bits per heavy atom. The van der Waals surface area contributed by atoms with Gasteiger partial charge in [0, 0.05) is 12.2 Å². The molecule has 0 heterocycles. The van der Waals surface area contributed by atoms with Crippen LogP contribution in [0.3, 0.4) is 0 Å². The lowest BCUT2D eigenvalue weighted by atomic mass is 10.3. The summed E-state index contributed by atoms with van der Waals surface area (Å²) in [4.78, 5) is 0. The zero-order chi connectivity index (χ0) is 10.6. The molecule has 0 bridgehead atoms. The molecule has 0 radical (unpaired) electrons. The molecule has 78 valence electrons. The van der Waals surface area contributed by atoms with Crippen LogP contribution < -0.4 is 5.32 Å². The van der Waals surface area contributed by atoms with E-state index in [9.17, 15) is 4.39 Å². The van der Waals surface area contributed by atoms with Crippen molar-refractivity contribution in [1.82, 2.24) is 0 Å². The number of rotatable bonds is 4. The Labute approximate surface area is 89.7 Å². The van der Waals surface area contributed by atoms with E-state index in [4.69, 9.17) is 10.2 Å². The normalized spacial score (nSPS) is 12.6. The largest absolute Gasteiger partial charge is 0.394 e. The third-order valence-electron chi connectivity index (χ3n) is 1.67. The molecule has 3 N–H and O–H groups in total. The second-order valence-electron chi connectivity index (χ2n) is 2.85. The van der Waals surface area contributed by atoms with Crippen molar-refractivity contribution >= 4 is 21.6 Å². The van der Waals surface area contributed by atoms with Gasteiger partial charge in [0.25, 0.3) is 0 Å². The predicted octanol–water partition coefficient (Wildman–Crippen LogP) is 1.35. The number of benzene rings is 1. The lowest BCUT2D eigenvalue weighted by Gasteiger charge is -2.10. The molecule has 1 atom stereocenters. The quantitative estimate of drug-likeness (QED) is 0.769. The topological polar surface area (TPSA) is 52.5 Å². The summed E-state index contributed by atoms with van der Waals surface area (Å²) in [6, 6.07) is 4.56. The van der Waals surface area contributed by atoms with Crippen LogP contribution in [0.4, 0.5) is 10.1 Å². The van der Waals surface area contributed by atoms with E-state index in [2.05, 4.69) is 21.2 Å². The molecule has 14 heavy (non-hydrogen) atoms. The summed E-state index contributed by atoms with van der Waals surface area (Å²) < 4.78 is 13.4. The van der Waals surface area contributed by atoms with Gasteiger partial charge in [-0.05, 0) is 34.1 Å². The Kier molecular flexibility index (Phi) is 4.31. The molecule has 0 amide bonds. The molecule has 1 rings (SSSR count). The smallest absolute Gasteiger partial charge is 0.139 e. The Morgan fingerprint density at radius 2 is 2.21 bits per heavy atom. The molecule has 3 nitrogen and oxygen atoms in total. The van der Waals surface area contributed by atoms with Crippen molar-refractivity contribution in [3.05, 3.63) is 28.5 Å². The number of halogens is 2. The minimum absolute atomic E-state index is 0.192. The number of hydrogen-bond donors (Lipinski definition) is 3. The molecule has 0 aliphatic heterocycles. The summed E-state index contributed by atoms with van der Waals surface area (Å²) in [7, 11) is 0. The summed E-state index contributed by atoms with van der Waals surface area (Å²) in [5, 5.41) is 20.4. The standard InChI is InChI=1S/C9H11BrFNO2/c10-8-2-1-6(3-9(8)11)12-4-7(14)5-13/h1-3,7,12-14H,4-5H2. The first-order valence-corrected chi connectivity index (χ1v) is 4.90. The number of anilines is 1. The van der Waals surface area contributed by atoms with E-state index < -0.39 is 6.10 Å². The summed E-state index contributed by atoms with van der Waals surface area (Å²) in [6.07, 6.45) is -0.832. The lowest BCUT2D eigenvalue weighted by molar-refractivity contribution is 0.105. The second-order valence-corrected chi connectivity index (χ2v) is 3.70. The molecule has 1 unspecified atom stereocenters. The van der Waals surface area contributed by atoms with Crippen molar-refractivity contribution in [3.8, 4) is 0 Å². The van der Waals surface area contributed by atoms with Crippen LogP contribution in [0, 0.1) is 5.82 Å². The van der Waals surface area contributed by atoms with Crippen LogP contribution in [0.2, 0.25) is 0 Å². The van der Waals surface area contributed by atoms with Gasteiger partial charge in [0.05, 0.1) is 17.2 Å². The molecule has 1 aromatic carbocycles. The molecule has 0 saturated heterocycles. The van der Waals surface area contributed by atoms with E-state index in [0.717, 1.165) is 0 Å². The van der Waals surface area contributed by atoms with E-state index in [1.54, 1.807) is 12.1 Å². The predicted molar refractivity (Wildman–Crippen MR) is 55.7 cm³/mol. The Morgan fingerprint density at radius 1 is 1.50 bits per heavy atom. The van der Waals surface area contributed by atoms with Crippen LogP contribution in [-0.2, 0) is 0 Å². The first kappa shape index (κ1) is 11.4. The molecule has 0 aliphatic carbocycles. The third kappa shape index (κ3) is 3.25. The maximum absolute atomic E-state index is 13.0. The zero-order valence-electron chi connectivity index (χ0n) is 7.37. The van der Waals surface area contributed by atoms with Gasteiger partial charge >= 0.3 is 0 Å². The number of nitrogens with one attached hydrogen (secondary N) is 1. The summed E-state index contributed by atoms with van der Waals surface area (Å²) >= 11 is 3.03. The van der Waals surface area contributed by atoms with Crippen LogP contribution in [0.15, 0.2) is 22.7 Å². The van der Waals surface area contributed by atoms with Gasteiger partial charge in [-0.2, -0.15) is 0 Å². The monoisotopic (exact) mass is 263 g/mol. The maximum atomic E-state index is 13.0. The van der Waals surface area contributed by atoms with Crippen molar-refractivity contribution in [1.29, 1.82) is 0 Å².